The average Bonchev–Trinajstić information content (AvgIpc) is 2.95. The highest BCUT2D eigenvalue weighted by Crippen LogP contribution is 2.16. The van der Waals surface area contributed by atoms with Crippen molar-refractivity contribution in [2.45, 2.75) is 31.6 Å². The van der Waals surface area contributed by atoms with Gasteiger partial charge < -0.3 is 19.9 Å². The summed E-state index contributed by atoms with van der Waals surface area (Å²) in [5.41, 5.74) is 2.24. The number of methoxy groups -OCH3 is 1. The fourth-order valence-corrected chi connectivity index (χ4v) is 2.38. The summed E-state index contributed by atoms with van der Waals surface area (Å²) < 4.78 is 10.7. The molecule has 1 heterocycles. The fraction of sp³-hybridized carbons (Fsp3) is 0.600. The minimum absolute atomic E-state index is 0.0270. The third kappa shape index (κ3) is 4.28. The van der Waals surface area contributed by atoms with E-state index >= 15 is 0 Å². The van der Waals surface area contributed by atoms with Gasteiger partial charge in [-0.15, -0.1) is 0 Å². The standard InChI is InChI=1S/C15H23NO3/c1-18-11-12-4-6-13(7-5-12)15(10-17)16-9-14-3-2-8-19-14/h4-7,14-17H,2-3,8-11H2,1H3. The Bertz CT molecular complexity index is 360. The Balaban J connectivity index is 1.88. The number of rotatable bonds is 7. The van der Waals surface area contributed by atoms with Gasteiger partial charge in [-0.1, -0.05) is 24.3 Å². The Morgan fingerprint density at radius 3 is 2.79 bits per heavy atom. The summed E-state index contributed by atoms with van der Waals surface area (Å²) in [5.74, 6) is 0. The van der Waals surface area contributed by atoms with Gasteiger partial charge in [0.05, 0.1) is 25.4 Å². The van der Waals surface area contributed by atoms with Gasteiger partial charge in [0.25, 0.3) is 0 Å². The van der Waals surface area contributed by atoms with Crippen molar-refractivity contribution in [1.82, 2.24) is 5.32 Å². The van der Waals surface area contributed by atoms with Gasteiger partial charge >= 0.3 is 0 Å². The van der Waals surface area contributed by atoms with E-state index in [0.717, 1.165) is 37.1 Å². The highest BCUT2D eigenvalue weighted by molar-refractivity contribution is 5.24. The molecule has 1 aromatic rings. The number of nitrogens with one attached hydrogen (secondary N) is 1. The summed E-state index contributed by atoms with van der Waals surface area (Å²) in [5, 5.41) is 12.9. The molecule has 1 aromatic carbocycles. The molecule has 4 nitrogen and oxygen atoms in total. The first-order valence-corrected chi connectivity index (χ1v) is 6.87. The molecule has 1 saturated heterocycles. The van der Waals surface area contributed by atoms with Gasteiger partial charge in [0, 0.05) is 20.3 Å². The first kappa shape index (κ1) is 14.5. The molecule has 4 heteroatoms. The van der Waals surface area contributed by atoms with Crippen LogP contribution in [0.4, 0.5) is 0 Å². The molecular weight excluding hydrogens is 242 g/mol. The van der Waals surface area contributed by atoms with Gasteiger partial charge in [0.1, 0.15) is 0 Å². The maximum Gasteiger partial charge on any atom is 0.0713 e. The van der Waals surface area contributed by atoms with Crippen LogP contribution in [0.15, 0.2) is 24.3 Å². The van der Waals surface area contributed by atoms with Crippen LogP contribution in [0.25, 0.3) is 0 Å². The van der Waals surface area contributed by atoms with Gasteiger partial charge in [0.2, 0.25) is 0 Å². The highest BCUT2D eigenvalue weighted by Gasteiger charge is 2.17. The summed E-state index contributed by atoms with van der Waals surface area (Å²) in [4.78, 5) is 0. The van der Waals surface area contributed by atoms with Gasteiger partial charge in [0.15, 0.2) is 0 Å². The summed E-state index contributed by atoms with van der Waals surface area (Å²) in [6, 6.07) is 8.13. The molecule has 19 heavy (non-hydrogen) atoms. The topological polar surface area (TPSA) is 50.7 Å². The van der Waals surface area contributed by atoms with E-state index in [1.807, 2.05) is 24.3 Å². The molecule has 0 aromatic heterocycles. The molecule has 1 aliphatic heterocycles. The van der Waals surface area contributed by atoms with Crippen LogP contribution in [0.5, 0.6) is 0 Å². The molecule has 0 aliphatic carbocycles. The number of aliphatic hydroxyl groups excluding tert-OH is 1. The Morgan fingerprint density at radius 1 is 1.42 bits per heavy atom. The lowest BCUT2D eigenvalue weighted by atomic mass is 10.1. The molecule has 0 bridgehead atoms. The van der Waals surface area contributed by atoms with Crippen LogP contribution in [-0.4, -0.2) is 38.1 Å². The van der Waals surface area contributed by atoms with Crippen LogP contribution in [0, 0.1) is 0 Å². The second-order valence-corrected chi connectivity index (χ2v) is 4.95. The zero-order chi connectivity index (χ0) is 13.5. The number of aliphatic hydroxyl groups is 1. The lowest BCUT2D eigenvalue weighted by Gasteiger charge is -2.19. The predicted octanol–water partition coefficient (Wildman–Crippen LogP) is 1.64. The SMILES string of the molecule is COCc1ccc(C(CO)NCC2CCCO2)cc1. The number of hydrogen-bond acceptors (Lipinski definition) is 4. The van der Waals surface area contributed by atoms with E-state index in [2.05, 4.69) is 5.32 Å². The molecule has 0 amide bonds. The molecule has 1 aliphatic rings. The monoisotopic (exact) mass is 265 g/mol. The summed E-state index contributed by atoms with van der Waals surface area (Å²) >= 11 is 0. The van der Waals surface area contributed by atoms with Gasteiger partial charge in [-0.3, -0.25) is 0 Å². The average molecular weight is 265 g/mol. The van der Waals surface area contributed by atoms with Crippen molar-refractivity contribution in [3.63, 3.8) is 0 Å². The van der Waals surface area contributed by atoms with E-state index < -0.39 is 0 Å². The Labute approximate surface area is 114 Å². The third-order valence-electron chi connectivity index (χ3n) is 3.49. The maximum absolute atomic E-state index is 9.50. The Morgan fingerprint density at radius 2 is 2.21 bits per heavy atom. The zero-order valence-corrected chi connectivity index (χ0v) is 11.5. The summed E-state index contributed by atoms with van der Waals surface area (Å²) in [7, 11) is 1.69. The lowest BCUT2D eigenvalue weighted by molar-refractivity contribution is 0.104. The summed E-state index contributed by atoms with van der Waals surface area (Å²) in [6.45, 7) is 2.37. The van der Waals surface area contributed by atoms with E-state index in [0.29, 0.717) is 12.7 Å². The Hall–Kier alpha value is -0.940. The van der Waals surface area contributed by atoms with Crippen molar-refractivity contribution in [2.75, 3.05) is 26.9 Å². The molecule has 0 saturated carbocycles. The first-order chi connectivity index (χ1) is 9.33. The number of ether oxygens (including phenoxy) is 2. The van der Waals surface area contributed by atoms with Crippen molar-refractivity contribution in [3.8, 4) is 0 Å². The minimum Gasteiger partial charge on any atom is -0.394 e. The smallest absolute Gasteiger partial charge is 0.0713 e. The van der Waals surface area contributed by atoms with Crippen molar-refractivity contribution >= 4 is 0 Å². The zero-order valence-electron chi connectivity index (χ0n) is 11.5. The van der Waals surface area contributed by atoms with Gasteiger partial charge in [-0.2, -0.15) is 0 Å². The maximum atomic E-state index is 9.50. The first-order valence-electron chi connectivity index (χ1n) is 6.87. The molecule has 2 rings (SSSR count). The second-order valence-electron chi connectivity index (χ2n) is 4.95. The molecular formula is C15H23NO3. The fourth-order valence-electron chi connectivity index (χ4n) is 2.38. The largest absolute Gasteiger partial charge is 0.394 e. The molecule has 2 unspecified atom stereocenters. The lowest BCUT2D eigenvalue weighted by Crippen LogP contribution is -2.31. The van der Waals surface area contributed by atoms with E-state index in [9.17, 15) is 5.11 Å². The molecule has 1 fully saturated rings. The van der Waals surface area contributed by atoms with E-state index in [4.69, 9.17) is 9.47 Å². The quantitative estimate of drug-likeness (QED) is 0.787. The van der Waals surface area contributed by atoms with Crippen molar-refractivity contribution in [1.29, 1.82) is 0 Å². The number of hydrogen-bond donors (Lipinski definition) is 2. The molecule has 0 radical (unpaired) electrons. The molecule has 2 atom stereocenters. The molecule has 2 N–H and O–H groups in total. The van der Waals surface area contributed by atoms with Crippen molar-refractivity contribution < 1.29 is 14.6 Å². The molecule has 106 valence electrons. The van der Waals surface area contributed by atoms with Crippen molar-refractivity contribution in [3.05, 3.63) is 35.4 Å². The van der Waals surface area contributed by atoms with Crippen LogP contribution in [0.2, 0.25) is 0 Å². The summed E-state index contributed by atoms with van der Waals surface area (Å²) in [6.07, 6.45) is 2.54. The van der Waals surface area contributed by atoms with Crippen LogP contribution in [0.3, 0.4) is 0 Å². The van der Waals surface area contributed by atoms with E-state index in [1.54, 1.807) is 7.11 Å². The second kappa shape index (κ2) is 7.60. The van der Waals surface area contributed by atoms with Crippen molar-refractivity contribution in [2.24, 2.45) is 0 Å². The van der Waals surface area contributed by atoms with Gasteiger partial charge in [-0.25, -0.2) is 0 Å². The predicted molar refractivity (Wildman–Crippen MR) is 74.0 cm³/mol. The highest BCUT2D eigenvalue weighted by atomic mass is 16.5. The van der Waals surface area contributed by atoms with Crippen LogP contribution >= 0.6 is 0 Å². The minimum atomic E-state index is -0.0270. The van der Waals surface area contributed by atoms with Gasteiger partial charge in [-0.05, 0) is 24.0 Å². The number of benzene rings is 1. The van der Waals surface area contributed by atoms with Crippen LogP contribution < -0.4 is 5.32 Å². The normalized spacial score (nSPS) is 20.6. The van der Waals surface area contributed by atoms with E-state index in [1.165, 1.54) is 0 Å². The molecule has 0 spiro atoms. The Kier molecular flexibility index (Phi) is 5.79. The van der Waals surface area contributed by atoms with Crippen LogP contribution in [-0.2, 0) is 16.1 Å². The third-order valence-corrected chi connectivity index (χ3v) is 3.49. The van der Waals surface area contributed by atoms with E-state index in [-0.39, 0.29) is 12.6 Å². The van der Waals surface area contributed by atoms with Crippen LogP contribution in [0.1, 0.15) is 30.0 Å².